The van der Waals surface area contributed by atoms with Gasteiger partial charge in [0.2, 0.25) is 0 Å². The van der Waals surface area contributed by atoms with E-state index in [-0.39, 0.29) is 5.91 Å². The lowest BCUT2D eigenvalue weighted by Gasteiger charge is -2.29. The number of benzene rings is 2. The van der Waals surface area contributed by atoms with Gasteiger partial charge in [-0.3, -0.25) is 4.79 Å². The van der Waals surface area contributed by atoms with Crippen molar-refractivity contribution in [3.63, 3.8) is 0 Å². The Morgan fingerprint density at radius 2 is 1.70 bits per heavy atom. The number of nitrogens with zero attached hydrogens (tertiary/aromatic N) is 1. The summed E-state index contributed by atoms with van der Waals surface area (Å²) in [6.07, 6.45) is 3.79. The number of rotatable bonds is 7. The fourth-order valence-electron chi connectivity index (χ4n) is 3.32. The van der Waals surface area contributed by atoms with Gasteiger partial charge in [0.1, 0.15) is 0 Å². The van der Waals surface area contributed by atoms with E-state index >= 15 is 0 Å². The summed E-state index contributed by atoms with van der Waals surface area (Å²) in [6.45, 7) is 4.14. The number of ether oxygens (including phenoxy) is 2. The second-order valence-electron chi connectivity index (χ2n) is 6.75. The molecule has 3 rings (SSSR count). The lowest BCUT2D eigenvalue weighted by Crippen LogP contribution is -2.32. The maximum absolute atomic E-state index is 12.6. The normalized spacial score (nSPS) is 15.1. The number of hydrogen-bond donors (Lipinski definition) is 1. The van der Waals surface area contributed by atoms with Crippen molar-refractivity contribution in [2.45, 2.75) is 38.7 Å². The van der Waals surface area contributed by atoms with Crippen LogP contribution in [-0.4, -0.2) is 32.2 Å². The molecule has 0 bridgehead atoms. The minimum atomic E-state index is -0.580. The van der Waals surface area contributed by atoms with Crippen molar-refractivity contribution < 1.29 is 14.3 Å². The third-order valence-corrected chi connectivity index (χ3v) is 4.86. The van der Waals surface area contributed by atoms with Gasteiger partial charge in [-0.1, -0.05) is 19.1 Å². The summed E-state index contributed by atoms with van der Waals surface area (Å²) in [7, 11) is 1.59. The quantitative estimate of drug-likeness (QED) is 0.783. The molecule has 2 aromatic carbocycles. The summed E-state index contributed by atoms with van der Waals surface area (Å²) in [5.41, 5.74) is 1.99. The van der Waals surface area contributed by atoms with Crippen molar-refractivity contribution in [3.8, 4) is 11.5 Å². The zero-order chi connectivity index (χ0) is 19.1. The van der Waals surface area contributed by atoms with Crippen LogP contribution in [0.1, 0.15) is 32.6 Å². The molecular formula is C22H28N2O3. The average molecular weight is 368 g/mol. The number of amides is 1. The molecule has 0 aromatic heterocycles. The Bertz CT molecular complexity index is 739. The first-order valence-corrected chi connectivity index (χ1v) is 9.67. The van der Waals surface area contributed by atoms with Gasteiger partial charge < -0.3 is 19.7 Å². The Labute approximate surface area is 161 Å². The van der Waals surface area contributed by atoms with Gasteiger partial charge in [-0.05, 0) is 62.1 Å². The number of nitrogens with one attached hydrogen (secondary N) is 1. The van der Waals surface area contributed by atoms with Crippen LogP contribution in [0.25, 0.3) is 0 Å². The summed E-state index contributed by atoms with van der Waals surface area (Å²) >= 11 is 0. The second kappa shape index (κ2) is 9.31. The molecule has 144 valence electrons. The molecule has 1 fully saturated rings. The number of methoxy groups -OCH3 is 1. The van der Waals surface area contributed by atoms with Gasteiger partial charge >= 0.3 is 0 Å². The smallest absolute Gasteiger partial charge is 0.265 e. The molecule has 1 heterocycles. The first kappa shape index (κ1) is 19.1. The van der Waals surface area contributed by atoms with Crippen LogP contribution in [0.4, 0.5) is 11.4 Å². The van der Waals surface area contributed by atoms with Gasteiger partial charge in [-0.15, -0.1) is 0 Å². The van der Waals surface area contributed by atoms with E-state index in [0.29, 0.717) is 17.9 Å². The predicted molar refractivity (Wildman–Crippen MR) is 109 cm³/mol. The van der Waals surface area contributed by atoms with Crippen molar-refractivity contribution in [2.24, 2.45) is 0 Å². The average Bonchev–Trinajstić information content (AvgIpc) is 2.73. The maximum Gasteiger partial charge on any atom is 0.265 e. The standard InChI is InChI=1S/C22H28N2O3/c1-3-19(27-21-10-6-5-9-20(21)26-2)22(25)23-17-11-13-18(14-12-17)24-15-7-4-8-16-24/h5-6,9-14,19H,3-4,7-8,15-16H2,1-2H3,(H,23,25)/t19-/m1/s1. The minimum Gasteiger partial charge on any atom is -0.493 e. The molecular weight excluding hydrogens is 340 g/mol. The number of piperidine rings is 1. The van der Waals surface area contributed by atoms with Crippen LogP contribution in [0.15, 0.2) is 48.5 Å². The Balaban J connectivity index is 1.62. The minimum absolute atomic E-state index is 0.158. The van der Waals surface area contributed by atoms with E-state index in [2.05, 4.69) is 22.3 Å². The SMILES string of the molecule is CC[C@@H](Oc1ccccc1OC)C(=O)Nc1ccc(N2CCCCC2)cc1. The third kappa shape index (κ3) is 4.94. The molecule has 1 amide bonds. The van der Waals surface area contributed by atoms with Crippen LogP contribution in [0.2, 0.25) is 0 Å². The molecule has 0 aliphatic carbocycles. The summed E-state index contributed by atoms with van der Waals surface area (Å²) in [5.74, 6) is 1.03. The molecule has 1 saturated heterocycles. The fourth-order valence-corrected chi connectivity index (χ4v) is 3.32. The third-order valence-electron chi connectivity index (χ3n) is 4.86. The number of carbonyl (C=O) groups is 1. The maximum atomic E-state index is 12.6. The highest BCUT2D eigenvalue weighted by atomic mass is 16.5. The van der Waals surface area contributed by atoms with E-state index in [4.69, 9.17) is 9.47 Å². The number of hydrogen-bond acceptors (Lipinski definition) is 4. The fraction of sp³-hybridized carbons (Fsp3) is 0.409. The zero-order valence-corrected chi connectivity index (χ0v) is 16.1. The molecule has 0 spiro atoms. The molecule has 5 heteroatoms. The van der Waals surface area contributed by atoms with Crippen molar-refractivity contribution in [2.75, 3.05) is 30.4 Å². The number of anilines is 2. The molecule has 5 nitrogen and oxygen atoms in total. The first-order valence-electron chi connectivity index (χ1n) is 9.67. The van der Waals surface area contributed by atoms with E-state index in [0.717, 1.165) is 18.8 Å². The van der Waals surface area contributed by atoms with Gasteiger partial charge in [0.05, 0.1) is 7.11 Å². The first-order chi connectivity index (χ1) is 13.2. The summed E-state index contributed by atoms with van der Waals surface area (Å²) < 4.78 is 11.2. The van der Waals surface area contributed by atoms with Crippen molar-refractivity contribution in [1.82, 2.24) is 0 Å². The van der Waals surface area contributed by atoms with Gasteiger partial charge in [-0.2, -0.15) is 0 Å². The van der Waals surface area contributed by atoms with Crippen LogP contribution in [-0.2, 0) is 4.79 Å². The molecule has 1 aliphatic heterocycles. The van der Waals surface area contributed by atoms with E-state index in [1.807, 2.05) is 43.3 Å². The highest BCUT2D eigenvalue weighted by Crippen LogP contribution is 2.28. The Morgan fingerprint density at radius 3 is 2.33 bits per heavy atom. The molecule has 27 heavy (non-hydrogen) atoms. The predicted octanol–water partition coefficient (Wildman–Crippen LogP) is 4.48. The van der Waals surface area contributed by atoms with E-state index in [1.54, 1.807) is 7.11 Å². The van der Waals surface area contributed by atoms with Crippen molar-refractivity contribution in [3.05, 3.63) is 48.5 Å². The second-order valence-corrected chi connectivity index (χ2v) is 6.75. The molecule has 0 unspecified atom stereocenters. The van der Waals surface area contributed by atoms with Crippen molar-refractivity contribution in [1.29, 1.82) is 0 Å². The van der Waals surface area contributed by atoms with Crippen molar-refractivity contribution >= 4 is 17.3 Å². The van der Waals surface area contributed by atoms with Crippen LogP contribution in [0.3, 0.4) is 0 Å². The molecule has 0 saturated carbocycles. The Kier molecular flexibility index (Phi) is 6.58. The monoisotopic (exact) mass is 368 g/mol. The van der Waals surface area contributed by atoms with Gasteiger partial charge in [0.25, 0.3) is 5.91 Å². The van der Waals surface area contributed by atoms with Crippen LogP contribution in [0.5, 0.6) is 11.5 Å². The summed E-state index contributed by atoms with van der Waals surface area (Å²) in [5, 5.41) is 2.96. The number of carbonyl (C=O) groups excluding carboxylic acids is 1. The molecule has 2 aromatic rings. The topological polar surface area (TPSA) is 50.8 Å². The highest BCUT2D eigenvalue weighted by Gasteiger charge is 2.20. The largest absolute Gasteiger partial charge is 0.493 e. The van der Waals surface area contributed by atoms with Crippen LogP contribution < -0.4 is 19.7 Å². The lowest BCUT2D eigenvalue weighted by atomic mass is 10.1. The van der Waals surface area contributed by atoms with E-state index in [9.17, 15) is 4.79 Å². The van der Waals surface area contributed by atoms with E-state index < -0.39 is 6.10 Å². The summed E-state index contributed by atoms with van der Waals surface area (Å²) in [4.78, 5) is 15.0. The lowest BCUT2D eigenvalue weighted by molar-refractivity contribution is -0.122. The molecule has 1 atom stereocenters. The van der Waals surface area contributed by atoms with Gasteiger partial charge in [0, 0.05) is 24.5 Å². The van der Waals surface area contributed by atoms with Gasteiger partial charge in [0.15, 0.2) is 17.6 Å². The Hall–Kier alpha value is -2.69. The van der Waals surface area contributed by atoms with Gasteiger partial charge in [-0.25, -0.2) is 0 Å². The molecule has 1 N–H and O–H groups in total. The highest BCUT2D eigenvalue weighted by molar-refractivity contribution is 5.94. The van der Waals surface area contributed by atoms with Crippen LogP contribution >= 0.6 is 0 Å². The molecule has 0 radical (unpaired) electrons. The van der Waals surface area contributed by atoms with Crippen LogP contribution in [0, 0.1) is 0 Å². The zero-order valence-electron chi connectivity index (χ0n) is 16.1. The molecule has 1 aliphatic rings. The summed E-state index contributed by atoms with van der Waals surface area (Å²) in [6, 6.07) is 15.4. The van der Waals surface area contributed by atoms with E-state index in [1.165, 1.54) is 24.9 Å². The Morgan fingerprint density at radius 1 is 1.04 bits per heavy atom. The number of para-hydroxylation sites is 2.